The van der Waals surface area contributed by atoms with Crippen LogP contribution in [0.3, 0.4) is 0 Å². The van der Waals surface area contributed by atoms with E-state index in [9.17, 15) is 0 Å². The molecule has 0 radical (unpaired) electrons. The van der Waals surface area contributed by atoms with Gasteiger partial charge in [0.2, 0.25) is 0 Å². The molecule has 0 aromatic heterocycles. The first kappa shape index (κ1) is 15.6. The topological polar surface area (TPSA) is 9.23 Å². The lowest BCUT2D eigenvalue weighted by Gasteiger charge is -2.16. The Morgan fingerprint density at radius 3 is 2.35 bits per heavy atom. The highest BCUT2D eigenvalue weighted by atomic mass is 79.9. The van der Waals surface area contributed by atoms with Gasteiger partial charge in [-0.05, 0) is 58.5 Å². The maximum absolute atomic E-state index is 5.27. The van der Waals surface area contributed by atoms with Gasteiger partial charge in [-0.1, -0.05) is 51.8 Å². The summed E-state index contributed by atoms with van der Waals surface area (Å²) in [5, 5.41) is 0.958. The van der Waals surface area contributed by atoms with Gasteiger partial charge < -0.3 is 4.74 Å². The van der Waals surface area contributed by atoms with Crippen molar-refractivity contribution in [2.24, 2.45) is 0 Å². The molecule has 20 heavy (non-hydrogen) atoms. The summed E-state index contributed by atoms with van der Waals surface area (Å²) < 4.78 is 6.28. The molecule has 0 N–H and O–H groups in total. The monoisotopic (exact) mass is 396 g/mol. The van der Waals surface area contributed by atoms with Crippen LogP contribution in [0.5, 0.6) is 5.75 Å². The van der Waals surface area contributed by atoms with Crippen LogP contribution in [0.2, 0.25) is 0 Å². The van der Waals surface area contributed by atoms with Gasteiger partial charge in [0.25, 0.3) is 0 Å². The van der Waals surface area contributed by atoms with Crippen molar-refractivity contribution in [1.29, 1.82) is 0 Å². The number of alkyl halides is 1. The van der Waals surface area contributed by atoms with Crippen molar-refractivity contribution < 1.29 is 4.74 Å². The molecule has 0 aliphatic carbocycles. The average molecular weight is 398 g/mol. The maximum Gasteiger partial charge on any atom is 0.133 e. The van der Waals surface area contributed by atoms with Crippen LogP contribution in [0.1, 0.15) is 22.6 Å². The number of halogens is 2. The molecular weight excluding hydrogens is 380 g/mol. The molecular formula is C17H18Br2O. The minimum absolute atomic E-state index is 0.482. The number of aryl methyl sites for hydroxylation is 1. The Hall–Kier alpha value is -0.800. The van der Waals surface area contributed by atoms with Crippen molar-refractivity contribution >= 4 is 31.9 Å². The third-order valence-electron chi connectivity index (χ3n) is 3.43. The molecule has 0 aliphatic heterocycles. The molecule has 2 aromatic rings. The van der Waals surface area contributed by atoms with E-state index < -0.39 is 0 Å². The van der Waals surface area contributed by atoms with Gasteiger partial charge in [-0.3, -0.25) is 0 Å². The minimum Gasteiger partial charge on any atom is -0.496 e. The van der Waals surface area contributed by atoms with E-state index in [1.54, 1.807) is 7.11 Å². The minimum atomic E-state index is 0.482. The molecule has 2 aromatic carbocycles. The highest BCUT2D eigenvalue weighted by molar-refractivity contribution is 9.10. The summed E-state index contributed by atoms with van der Waals surface area (Å²) in [5.74, 6) is 1.36. The first-order chi connectivity index (χ1) is 9.63. The van der Waals surface area contributed by atoms with E-state index in [4.69, 9.17) is 4.74 Å². The number of ether oxygens (including phenoxy) is 1. The predicted octanol–water partition coefficient (Wildman–Crippen LogP) is 5.49. The van der Waals surface area contributed by atoms with Crippen LogP contribution in [0.15, 0.2) is 46.9 Å². The van der Waals surface area contributed by atoms with Gasteiger partial charge in [0.1, 0.15) is 5.75 Å². The SMILES string of the molecule is COc1ccc(CC(CBr)c2ccc(C)cc2)cc1Br. The van der Waals surface area contributed by atoms with Crippen LogP contribution in [0, 0.1) is 6.92 Å². The van der Waals surface area contributed by atoms with Gasteiger partial charge in [0.05, 0.1) is 11.6 Å². The van der Waals surface area contributed by atoms with E-state index in [1.807, 2.05) is 6.07 Å². The summed E-state index contributed by atoms with van der Waals surface area (Å²) in [4.78, 5) is 0. The predicted molar refractivity (Wildman–Crippen MR) is 92.1 cm³/mol. The van der Waals surface area contributed by atoms with E-state index >= 15 is 0 Å². The van der Waals surface area contributed by atoms with Crippen molar-refractivity contribution in [2.75, 3.05) is 12.4 Å². The molecule has 2 rings (SSSR count). The fourth-order valence-electron chi connectivity index (χ4n) is 2.22. The third kappa shape index (κ3) is 3.86. The quantitative estimate of drug-likeness (QED) is 0.606. The van der Waals surface area contributed by atoms with Gasteiger partial charge >= 0.3 is 0 Å². The summed E-state index contributed by atoms with van der Waals surface area (Å²) in [6, 6.07) is 15.1. The molecule has 0 spiro atoms. The number of hydrogen-bond donors (Lipinski definition) is 0. The Kier molecular flexibility index (Phi) is 5.67. The molecule has 0 fully saturated rings. The van der Waals surface area contributed by atoms with Crippen LogP contribution in [-0.2, 0) is 6.42 Å². The Balaban J connectivity index is 2.17. The van der Waals surface area contributed by atoms with Crippen LogP contribution in [0.4, 0.5) is 0 Å². The molecule has 3 heteroatoms. The normalized spacial score (nSPS) is 12.2. The summed E-state index contributed by atoms with van der Waals surface area (Å²) in [6.07, 6.45) is 1.01. The number of rotatable bonds is 5. The van der Waals surface area contributed by atoms with E-state index in [0.717, 1.165) is 22.0 Å². The van der Waals surface area contributed by atoms with Crippen molar-refractivity contribution in [1.82, 2.24) is 0 Å². The smallest absolute Gasteiger partial charge is 0.133 e. The number of hydrogen-bond acceptors (Lipinski definition) is 1. The van der Waals surface area contributed by atoms with Crippen molar-refractivity contribution in [3.63, 3.8) is 0 Å². The first-order valence-corrected chi connectivity index (χ1v) is 8.50. The van der Waals surface area contributed by atoms with Crippen molar-refractivity contribution in [3.05, 3.63) is 63.6 Å². The van der Waals surface area contributed by atoms with Gasteiger partial charge in [-0.2, -0.15) is 0 Å². The van der Waals surface area contributed by atoms with E-state index in [1.165, 1.54) is 16.7 Å². The molecule has 0 saturated heterocycles. The lowest BCUT2D eigenvalue weighted by Crippen LogP contribution is -2.04. The van der Waals surface area contributed by atoms with Gasteiger partial charge in [0.15, 0.2) is 0 Å². The molecule has 1 nitrogen and oxygen atoms in total. The molecule has 0 amide bonds. The molecule has 1 unspecified atom stereocenters. The zero-order valence-electron chi connectivity index (χ0n) is 11.7. The molecule has 0 aliphatic rings. The van der Waals surface area contributed by atoms with Crippen LogP contribution >= 0.6 is 31.9 Å². The average Bonchev–Trinajstić information content (AvgIpc) is 2.46. The van der Waals surface area contributed by atoms with Gasteiger partial charge in [0, 0.05) is 5.33 Å². The second-order valence-electron chi connectivity index (χ2n) is 4.93. The molecule has 0 bridgehead atoms. The second kappa shape index (κ2) is 7.28. The van der Waals surface area contributed by atoms with Gasteiger partial charge in [-0.25, -0.2) is 0 Å². The van der Waals surface area contributed by atoms with E-state index in [0.29, 0.717) is 5.92 Å². The highest BCUT2D eigenvalue weighted by Crippen LogP contribution is 2.29. The third-order valence-corrected chi connectivity index (χ3v) is 4.83. The first-order valence-electron chi connectivity index (χ1n) is 6.59. The Morgan fingerprint density at radius 1 is 1.10 bits per heavy atom. The van der Waals surface area contributed by atoms with Crippen LogP contribution in [0.25, 0.3) is 0 Å². The molecule has 1 atom stereocenters. The largest absolute Gasteiger partial charge is 0.496 e. The Morgan fingerprint density at radius 2 is 1.80 bits per heavy atom. The molecule has 0 heterocycles. The lowest BCUT2D eigenvalue weighted by molar-refractivity contribution is 0.412. The fraction of sp³-hybridized carbons (Fsp3) is 0.294. The Labute approximate surface area is 137 Å². The fourth-order valence-corrected chi connectivity index (χ4v) is 3.41. The van der Waals surface area contributed by atoms with Crippen molar-refractivity contribution in [2.45, 2.75) is 19.3 Å². The lowest BCUT2D eigenvalue weighted by atomic mass is 9.93. The molecule has 106 valence electrons. The molecule has 0 saturated carbocycles. The van der Waals surface area contributed by atoms with Crippen LogP contribution in [-0.4, -0.2) is 12.4 Å². The highest BCUT2D eigenvalue weighted by Gasteiger charge is 2.12. The number of benzene rings is 2. The van der Waals surface area contributed by atoms with Gasteiger partial charge in [-0.15, -0.1) is 0 Å². The van der Waals surface area contributed by atoms with E-state index in [-0.39, 0.29) is 0 Å². The second-order valence-corrected chi connectivity index (χ2v) is 6.44. The van der Waals surface area contributed by atoms with Crippen LogP contribution < -0.4 is 4.74 Å². The Bertz CT molecular complexity index is 564. The standard InChI is InChI=1S/C17H18Br2O/c1-12-3-6-14(7-4-12)15(11-18)9-13-5-8-17(20-2)16(19)10-13/h3-8,10,15H,9,11H2,1-2H3. The van der Waals surface area contributed by atoms with Crippen molar-refractivity contribution in [3.8, 4) is 5.75 Å². The zero-order chi connectivity index (χ0) is 14.5. The summed E-state index contributed by atoms with van der Waals surface area (Å²) in [5.41, 5.74) is 3.98. The van der Waals surface area contributed by atoms with E-state index in [2.05, 4.69) is 75.2 Å². The summed E-state index contributed by atoms with van der Waals surface area (Å²) in [6.45, 7) is 2.12. The maximum atomic E-state index is 5.27. The summed E-state index contributed by atoms with van der Waals surface area (Å²) >= 11 is 7.19. The summed E-state index contributed by atoms with van der Waals surface area (Å²) in [7, 11) is 1.69. The zero-order valence-corrected chi connectivity index (χ0v) is 14.9. The number of methoxy groups -OCH3 is 1.